The van der Waals surface area contributed by atoms with E-state index in [1.807, 2.05) is 6.20 Å². The molecule has 2 aliphatic rings. The average Bonchev–Trinajstić information content (AvgIpc) is 4.13. The zero-order valence-corrected chi connectivity index (χ0v) is 46.0. The number of aryl methyl sites for hydroxylation is 1. The Morgan fingerprint density at radius 3 is 1.57 bits per heavy atom. The Morgan fingerprint density at radius 2 is 1.03 bits per heavy atom. The van der Waals surface area contributed by atoms with E-state index in [0.717, 1.165) is 95.5 Å². The second kappa shape index (κ2) is 31.0. The highest BCUT2D eigenvalue weighted by Gasteiger charge is 2.53. The quantitative estimate of drug-likeness (QED) is 0.0322. The number of hydrogen-bond acceptors (Lipinski definition) is 12. The zero-order chi connectivity index (χ0) is 48.4. The molecule has 0 amide bonds. The summed E-state index contributed by atoms with van der Waals surface area (Å²) < 4.78 is 20.2. The number of hydrogen-bond donors (Lipinski definition) is 0. The van der Waals surface area contributed by atoms with Crippen molar-refractivity contribution >= 4 is 67.9 Å². The van der Waals surface area contributed by atoms with Crippen molar-refractivity contribution in [1.82, 2.24) is 19.9 Å². The van der Waals surface area contributed by atoms with Gasteiger partial charge in [0.25, 0.3) is 0 Å². The first-order valence-electron chi connectivity index (χ1n) is 27.9. The molecule has 3 unspecified atom stereocenters. The Kier molecular flexibility index (Phi) is 24.9. The molecule has 0 radical (unpaired) electrons. The van der Waals surface area contributed by atoms with Crippen LogP contribution < -0.4 is 4.74 Å². The van der Waals surface area contributed by atoms with Crippen molar-refractivity contribution in [2.24, 2.45) is 9.98 Å². The van der Waals surface area contributed by atoms with Gasteiger partial charge in [-0.3, -0.25) is 4.98 Å². The summed E-state index contributed by atoms with van der Waals surface area (Å²) in [6.45, 7) is 13.1. The number of allylic oxidation sites excluding steroid dienone is 1. The lowest BCUT2D eigenvalue weighted by molar-refractivity contribution is -0.186. The van der Waals surface area contributed by atoms with Crippen LogP contribution in [0.3, 0.4) is 0 Å². The van der Waals surface area contributed by atoms with Gasteiger partial charge in [0.1, 0.15) is 22.4 Å². The van der Waals surface area contributed by atoms with Crippen molar-refractivity contribution in [2.75, 3.05) is 19.8 Å². The molecule has 3 atom stereocenters. The minimum absolute atomic E-state index is 0.159. The second-order valence-corrected chi connectivity index (χ2v) is 22.5. The molecule has 69 heavy (non-hydrogen) atoms. The molecule has 0 aromatic carbocycles. The summed E-state index contributed by atoms with van der Waals surface area (Å²) in [6.07, 6.45) is 38.0. The van der Waals surface area contributed by atoms with Crippen LogP contribution in [-0.4, -0.2) is 61.8 Å². The third kappa shape index (κ3) is 16.6. The van der Waals surface area contributed by atoms with E-state index < -0.39 is 10.7 Å². The fraction of sp³-hybridized carbons (Fsp3) is 0.719. The van der Waals surface area contributed by atoms with Gasteiger partial charge in [0, 0.05) is 33.6 Å². The molecule has 4 aromatic rings. The summed E-state index contributed by atoms with van der Waals surface area (Å²) in [5.41, 5.74) is 8.16. The number of ether oxygens (including phenoxy) is 3. The number of fused-ring (bicyclic) bond motifs is 3. The van der Waals surface area contributed by atoms with Crippen LogP contribution in [0.5, 0.6) is 5.88 Å². The summed E-state index contributed by atoms with van der Waals surface area (Å²) in [4.78, 5) is 31.7. The van der Waals surface area contributed by atoms with Crippen LogP contribution in [0.2, 0.25) is 0 Å². The van der Waals surface area contributed by atoms with Gasteiger partial charge in [-0.2, -0.15) is 0 Å². The Hall–Kier alpha value is -2.77. The topological polar surface area (TPSA) is 104 Å². The number of thiophene rings is 2. The van der Waals surface area contributed by atoms with Crippen molar-refractivity contribution in [3.63, 3.8) is 0 Å². The molecule has 4 aromatic heterocycles. The highest BCUT2D eigenvalue weighted by molar-refractivity contribution is 8.04. The molecule has 0 bridgehead atoms. The number of unbranched alkanes of at least 4 members (excludes halogenated alkanes) is 24. The summed E-state index contributed by atoms with van der Waals surface area (Å²) in [5.74, 6) is -0.815. The molecule has 0 spiro atoms. The largest absolute Gasteiger partial charge is 0.476 e. The Balaban J connectivity index is 1.26. The number of thioether (sulfide) groups is 1. The first-order chi connectivity index (χ1) is 34.0. The van der Waals surface area contributed by atoms with Gasteiger partial charge in [-0.1, -0.05) is 189 Å². The lowest BCUT2D eigenvalue weighted by Crippen LogP contribution is -2.50. The molecule has 6 rings (SSSR count). The van der Waals surface area contributed by atoms with Crippen molar-refractivity contribution in [3.05, 3.63) is 50.2 Å². The average molecular weight is 1000 g/mol. The Labute approximate surface area is 429 Å². The van der Waals surface area contributed by atoms with E-state index in [2.05, 4.69) is 61.5 Å². The summed E-state index contributed by atoms with van der Waals surface area (Å²) in [6, 6.07) is 0. The summed E-state index contributed by atoms with van der Waals surface area (Å²) in [5, 5.41) is 10.6. The smallest absolute Gasteiger partial charge is 0.312 e. The first kappa shape index (κ1) is 55.5. The second-order valence-electron chi connectivity index (χ2n) is 19.8. The van der Waals surface area contributed by atoms with E-state index >= 15 is 0 Å². The lowest BCUT2D eigenvalue weighted by atomic mass is 9.80. The van der Waals surface area contributed by atoms with Crippen LogP contribution in [-0.2, 0) is 15.9 Å². The molecule has 12 heteroatoms. The van der Waals surface area contributed by atoms with E-state index in [0.29, 0.717) is 38.5 Å². The van der Waals surface area contributed by atoms with Gasteiger partial charge < -0.3 is 14.2 Å². The monoisotopic (exact) mass is 1000 g/mol. The van der Waals surface area contributed by atoms with Gasteiger partial charge in [-0.15, -0.1) is 34.4 Å². The third-order valence-corrected chi connectivity index (χ3v) is 17.2. The van der Waals surface area contributed by atoms with Crippen molar-refractivity contribution < 1.29 is 14.2 Å². The van der Waals surface area contributed by atoms with Crippen molar-refractivity contribution in [1.29, 1.82) is 0 Å². The molecule has 0 aliphatic carbocycles. The molecular weight excluding hydrogens is 913 g/mol. The van der Waals surface area contributed by atoms with E-state index in [4.69, 9.17) is 44.1 Å². The number of aromatic nitrogens is 4. The molecular formula is C57H88N6O3S3. The minimum atomic E-state index is -1.29. The lowest BCUT2D eigenvalue weighted by Gasteiger charge is -2.40. The normalized spacial score (nSPS) is 18.5. The molecule has 0 saturated carbocycles. The standard InChI is InChI=1S/C57H88N6O3S3/c1-6-10-13-16-19-22-24-25-28-31-36-64-55-53(61-49-42-68-43-50(49)62-55)45(5)56(35-34-46-39-58-47-40-67-41-48(47)59-46)54-51(44-69-56)60-52(9-4)57(63-54,65-37-32-29-26-21-18-15-12-8-3)66-38-33-30-27-23-20-17-14-11-7-2/h39-45H,6-38H2,1-5H3. The van der Waals surface area contributed by atoms with Gasteiger partial charge >= 0.3 is 5.91 Å². The summed E-state index contributed by atoms with van der Waals surface area (Å²) in [7, 11) is 0. The SMILES string of the molecule is CCCCCCCCCCCCOc1nc2cscc2nc1C(C)C1(CCc2cnc3cscc3n2)SC=C2N=C(CC)C(OCCCCCCCCCC)(OCCCCCCCCCCC)N=C21. The third-order valence-electron chi connectivity index (χ3n) is 14.2. The summed E-state index contributed by atoms with van der Waals surface area (Å²) >= 11 is 5.09. The van der Waals surface area contributed by atoms with Crippen LogP contribution in [0, 0.1) is 0 Å². The Morgan fingerprint density at radius 1 is 0.551 bits per heavy atom. The van der Waals surface area contributed by atoms with Crippen LogP contribution >= 0.6 is 34.4 Å². The maximum atomic E-state index is 7.04. The molecule has 0 N–H and O–H groups in total. The molecule has 6 heterocycles. The van der Waals surface area contributed by atoms with E-state index in [1.165, 1.54) is 135 Å². The fourth-order valence-electron chi connectivity index (χ4n) is 9.88. The molecule has 0 saturated heterocycles. The van der Waals surface area contributed by atoms with E-state index in [9.17, 15) is 0 Å². The minimum Gasteiger partial charge on any atom is -0.476 e. The van der Waals surface area contributed by atoms with Gasteiger partial charge in [0.05, 0.1) is 52.7 Å². The van der Waals surface area contributed by atoms with Gasteiger partial charge in [-0.25, -0.2) is 24.9 Å². The van der Waals surface area contributed by atoms with Crippen LogP contribution in [0.25, 0.3) is 22.1 Å². The van der Waals surface area contributed by atoms with E-state index in [1.54, 1.807) is 34.4 Å². The van der Waals surface area contributed by atoms with Crippen LogP contribution in [0.4, 0.5) is 0 Å². The van der Waals surface area contributed by atoms with E-state index in [-0.39, 0.29) is 5.92 Å². The highest BCUT2D eigenvalue weighted by atomic mass is 32.2. The van der Waals surface area contributed by atoms with Crippen molar-refractivity contribution in [3.8, 4) is 5.88 Å². The predicted molar refractivity (Wildman–Crippen MR) is 297 cm³/mol. The van der Waals surface area contributed by atoms with Crippen LogP contribution in [0.15, 0.2) is 48.8 Å². The fourth-order valence-corrected chi connectivity index (χ4v) is 12.5. The van der Waals surface area contributed by atoms with Crippen LogP contribution in [0.1, 0.15) is 238 Å². The van der Waals surface area contributed by atoms with Gasteiger partial charge in [-0.05, 0) is 43.9 Å². The molecule has 382 valence electrons. The number of aliphatic imine (C=N–C) groups is 2. The molecule has 0 fully saturated rings. The molecule has 2 aliphatic heterocycles. The number of nitrogens with zero attached hydrogens (tertiary/aromatic N) is 6. The zero-order valence-electron chi connectivity index (χ0n) is 43.5. The van der Waals surface area contributed by atoms with Gasteiger partial charge in [0.2, 0.25) is 5.88 Å². The number of rotatable bonds is 39. The first-order valence-corrected chi connectivity index (χ1v) is 30.6. The van der Waals surface area contributed by atoms with Crippen molar-refractivity contribution in [2.45, 2.75) is 244 Å². The highest BCUT2D eigenvalue weighted by Crippen LogP contribution is 2.54. The van der Waals surface area contributed by atoms with Gasteiger partial charge in [0.15, 0.2) is 0 Å². The Bertz CT molecular complexity index is 2170. The maximum absolute atomic E-state index is 7.04. The molecule has 9 nitrogen and oxygen atoms in total. The maximum Gasteiger partial charge on any atom is 0.312 e. The predicted octanol–water partition coefficient (Wildman–Crippen LogP) is 17.7.